The molecule has 2 fully saturated rings. The summed E-state index contributed by atoms with van der Waals surface area (Å²) >= 11 is 0. The Hall–Kier alpha value is -1.10. The Labute approximate surface area is 108 Å². The van der Waals surface area contributed by atoms with Gasteiger partial charge in [-0.15, -0.1) is 0 Å². The van der Waals surface area contributed by atoms with Gasteiger partial charge in [-0.1, -0.05) is 19.8 Å². The van der Waals surface area contributed by atoms with E-state index in [4.69, 9.17) is 0 Å². The molecule has 5 nitrogen and oxygen atoms in total. The zero-order valence-corrected chi connectivity index (χ0v) is 10.9. The van der Waals surface area contributed by atoms with E-state index in [1.54, 1.807) is 4.90 Å². The van der Waals surface area contributed by atoms with Crippen LogP contribution in [0.3, 0.4) is 0 Å². The minimum atomic E-state index is -0.853. The predicted molar refractivity (Wildman–Crippen MR) is 67.2 cm³/mol. The fourth-order valence-electron chi connectivity index (χ4n) is 3.36. The number of rotatable bonds is 4. The number of carboxylic acid groups (broad SMARTS) is 1. The minimum absolute atomic E-state index is 0.0568. The van der Waals surface area contributed by atoms with Gasteiger partial charge in [-0.2, -0.15) is 0 Å². The molecule has 1 aliphatic heterocycles. The number of nitrogens with one attached hydrogen (secondary N) is 1. The highest BCUT2D eigenvalue weighted by Gasteiger charge is 2.47. The number of carbonyl (C=O) groups is 2. The fraction of sp³-hybridized carbons (Fsp3) is 0.846. The lowest BCUT2D eigenvalue weighted by Gasteiger charge is -2.33. The standard InChI is InChI=1S/C13H22N2O3/c1-2-14-8-12(16)15-10-6-4-3-5-9(10)7-11(15)13(17)18/h9-11,14H,2-8H2,1H3,(H,17,18). The molecule has 1 aliphatic carbocycles. The Balaban J connectivity index is 2.11. The number of nitrogens with zero attached hydrogens (tertiary/aromatic N) is 1. The molecule has 2 rings (SSSR count). The molecule has 1 saturated heterocycles. The average molecular weight is 254 g/mol. The average Bonchev–Trinajstić information content (AvgIpc) is 2.75. The zero-order valence-electron chi connectivity index (χ0n) is 10.9. The Morgan fingerprint density at radius 1 is 1.33 bits per heavy atom. The Kier molecular flexibility index (Phi) is 4.22. The van der Waals surface area contributed by atoms with E-state index >= 15 is 0 Å². The summed E-state index contributed by atoms with van der Waals surface area (Å²) in [5.41, 5.74) is 0. The molecule has 1 amide bonds. The number of hydrogen-bond acceptors (Lipinski definition) is 3. The van der Waals surface area contributed by atoms with E-state index in [1.165, 1.54) is 6.42 Å². The number of likely N-dealkylation sites (tertiary alicyclic amines) is 1. The molecular weight excluding hydrogens is 232 g/mol. The van der Waals surface area contributed by atoms with Crippen molar-refractivity contribution in [2.75, 3.05) is 13.1 Å². The maximum absolute atomic E-state index is 12.2. The third-order valence-corrected chi connectivity index (χ3v) is 4.19. The number of hydrogen-bond donors (Lipinski definition) is 2. The van der Waals surface area contributed by atoms with E-state index in [1.807, 2.05) is 6.92 Å². The summed E-state index contributed by atoms with van der Waals surface area (Å²) in [5, 5.41) is 12.3. The van der Waals surface area contributed by atoms with Crippen LogP contribution >= 0.6 is 0 Å². The highest BCUT2D eigenvalue weighted by molar-refractivity contribution is 5.86. The molecule has 18 heavy (non-hydrogen) atoms. The van der Waals surface area contributed by atoms with Crippen molar-refractivity contribution in [3.63, 3.8) is 0 Å². The van der Waals surface area contributed by atoms with E-state index < -0.39 is 12.0 Å². The SMILES string of the molecule is CCNCC(=O)N1C(C(=O)O)CC2CCCCC21. The first-order valence-corrected chi connectivity index (χ1v) is 6.89. The van der Waals surface area contributed by atoms with Gasteiger partial charge in [0, 0.05) is 6.04 Å². The van der Waals surface area contributed by atoms with Crippen LogP contribution in [0.4, 0.5) is 0 Å². The van der Waals surface area contributed by atoms with Gasteiger partial charge < -0.3 is 15.3 Å². The van der Waals surface area contributed by atoms with Gasteiger partial charge in [0.05, 0.1) is 6.54 Å². The van der Waals surface area contributed by atoms with Crippen LogP contribution in [0.25, 0.3) is 0 Å². The smallest absolute Gasteiger partial charge is 0.326 e. The molecule has 0 aromatic heterocycles. The molecule has 0 radical (unpaired) electrons. The van der Waals surface area contributed by atoms with Crippen LogP contribution in [0, 0.1) is 5.92 Å². The monoisotopic (exact) mass is 254 g/mol. The minimum Gasteiger partial charge on any atom is -0.480 e. The lowest BCUT2D eigenvalue weighted by atomic mass is 9.85. The fourth-order valence-corrected chi connectivity index (χ4v) is 3.36. The Bertz CT molecular complexity index is 332. The third kappa shape index (κ3) is 2.51. The summed E-state index contributed by atoms with van der Waals surface area (Å²) < 4.78 is 0. The number of aliphatic carboxylic acids is 1. The normalized spacial score (nSPS) is 31.2. The van der Waals surface area contributed by atoms with Gasteiger partial charge in [0.25, 0.3) is 0 Å². The highest BCUT2D eigenvalue weighted by Crippen LogP contribution is 2.39. The summed E-state index contributed by atoms with van der Waals surface area (Å²) in [7, 11) is 0. The number of carboxylic acids is 1. The molecule has 2 aliphatic rings. The van der Waals surface area contributed by atoms with Crippen molar-refractivity contribution >= 4 is 11.9 Å². The summed E-state index contributed by atoms with van der Waals surface area (Å²) in [4.78, 5) is 25.1. The van der Waals surface area contributed by atoms with Crippen molar-refractivity contribution in [1.82, 2.24) is 10.2 Å². The topological polar surface area (TPSA) is 69.6 Å². The van der Waals surface area contributed by atoms with Crippen molar-refractivity contribution < 1.29 is 14.7 Å². The van der Waals surface area contributed by atoms with Crippen molar-refractivity contribution in [3.05, 3.63) is 0 Å². The van der Waals surface area contributed by atoms with E-state index in [0.29, 0.717) is 12.3 Å². The van der Waals surface area contributed by atoms with Gasteiger partial charge in [-0.25, -0.2) is 4.79 Å². The van der Waals surface area contributed by atoms with Gasteiger partial charge >= 0.3 is 5.97 Å². The second-order valence-electron chi connectivity index (χ2n) is 5.28. The quantitative estimate of drug-likeness (QED) is 0.780. The lowest BCUT2D eigenvalue weighted by molar-refractivity contribution is -0.149. The van der Waals surface area contributed by atoms with Gasteiger partial charge in [-0.05, 0) is 31.7 Å². The van der Waals surface area contributed by atoms with Crippen molar-refractivity contribution in [3.8, 4) is 0 Å². The van der Waals surface area contributed by atoms with Crippen LogP contribution in [-0.2, 0) is 9.59 Å². The molecule has 0 spiro atoms. The predicted octanol–water partition coefficient (Wildman–Crippen LogP) is 0.840. The first-order valence-electron chi connectivity index (χ1n) is 6.89. The third-order valence-electron chi connectivity index (χ3n) is 4.19. The number of fused-ring (bicyclic) bond motifs is 1. The van der Waals surface area contributed by atoms with Crippen LogP contribution in [0.2, 0.25) is 0 Å². The molecule has 0 aromatic carbocycles. The summed E-state index contributed by atoms with van der Waals surface area (Å²) in [6.07, 6.45) is 4.95. The molecule has 3 atom stereocenters. The van der Waals surface area contributed by atoms with Crippen LogP contribution in [0.1, 0.15) is 39.0 Å². The molecule has 3 unspecified atom stereocenters. The first-order chi connectivity index (χ1) is 8.65. The lowest BCUT2D eigenvalue weighted by Crippen LogP contribution is -2.49. The van der Waals surface area contributed by atoms with Crippen LogP contribution in [0.15, 0.2) is 0 Å². The van der Waals surface area contributed by atoms with Gasteiger partial charge in [0.15, 0.2) is 0 Å². The maximum Gasteiger partial charge on any atom is 0.326 e. The molecule has 0 bridgehead atoms. The second-order valence-corrected chi connectivity index (χ2v) is 5.28. The van der Waals surface area contributed by atoms with E-state index in [-0.39, 0.29) is 18.5 Å². The van der Waals surface area contributed by atoms with Gasteiger partial charge in [0.2, 0.25) is 5.91 Å². The first kappa shape index (κ1) is 13.3. The summed E-state index contributed by atoms with van der Waals surface area (Å²) in [6, 6.07) is -0.449. The Morgan fingerprint density at radius 3 is 2.72 bits per heavy atom. The summed E-state index contributed by atoms with van der Waals surface area (Å²) in [5.74, 6) is -0.515. The zero-order chi connectivity index (χ0) is 13.1. The molecule has 2 N–H and O–H groups in total. The van der Waals surface area contributed by atoms with E-state index in [2.05, 4.69) is 5.32 Å². The van der Waals surface area contributed by atoms with E-state index in [9.17, 15) is 14.7 Å². The number of likely N-dealkylation sites (N-methyl/N-ethyl adjacent to an activating group) is 1. The Morgan fingerprint density at radius 2 is 2.06 bits per heavy atom. The van der Waals surface area contributed by atoms with Crippen LogP contribution in [-0.4, -0.2) is 47.1 Å². The van der Waals surface area contributed by atoms with Crippen molar-refractivity contribution in [1.29, 1.82) is 0 Å². The van der Waals surface area contributed by atoms with Crippen LogP contribution in [0.5, 0.6) is 0 Å². The molecule has 1 heterocycles. The van der Waals surface area contributed by atoms with Gasteiger partial charge in [-0.3, -0.25) is 4.79 Å². The highest BCUT2D eigenvalue weighted by atomic mass is 16.4. The van der Waals surface area contributed by atoms with Gasteiger partial charge in [0.1, 0.15) is 6.04 Å². The molecule has 0 aromatic rings. The second kappa shape index (κ2) is 5.69. The molecular formula is C13H22N2O3. The van der Waals surface area contributed by atoms with Crippen molar-refractivity contribution in [2.45, 2.75) is 51.1 Å². The molecule has 1 saturated carbocycles. The molecule has 102 valence electrons. The maximum atomic E-state index is 12.2. The van der Waals surface area contributed by atoms with Crippen molar-refractivity contribution in [2.24, 2.45) is 5.92 Å². The number of carbonyl (C=O) groups excluding carboxylic acids is 1. The largest absolute Gasteiger partial charge is 0.480 e. The number of amides is 1. The van der Waals surface area contributed by atoms with E-state index in [0.717, 1.165) is 25.8 Å². The van der Waals surface area contributed by atoms with Crippen LogP contribution < -0.4 is 5.32 Å². The molecule has 5 heteroatoms. The summed E-state index contributed by atoms with van der Waals surface area (Å²) in [6.45, 7) is 2.92.